The molecule has 80 heavy (non-hydrogen) atoms. The van der Waals surface area contributed by atoms with Gasteiger partial charge in [-0.2, -0.15) is 0 Å². The third-order valence-corrected chi connectivity index (χ3v) is 13.6. The molecule has 0 fully saturated rings. The van der Waals surface area contributed by atoms with Gasteiger partial charge in [0.1, 0.15) is 13.2 Å². The van der Waals surface area contributed by atoms with E-state index in [9.17, 15) is 14.4 Å². The molecule has 0 aliphatic heterocycles. The maximum absolute atomic E-state index is 12.8. The molecule has 0 aromatic rings. The predicted molar refractivity (Wildman–Crippen MR) is 348 cm³/mol. The van der Waals surface area contributed by atoms with Gasteiger partial charge in [0.2, 0.25) is 0 Å². The maximum atomic E-state index is 12.8. The number of unbranched alkanes of at least 4 members (excludes halogenated alkanes) is 23. The highest BCUT2D eigenvalue weighted by molar-refractivity contribution is 5.71. The summed E-state index contributed by atoms with van der Waals surface area (Å²) < 4.78 is 16.8. The van der Waals surface area contributed by atoms with Gasteiger partial charge >= 0.3 is 17.9 Å². The quantitative estimate of drug-likeness (QED) is 0.0261. The smallest absolute Gasteiger partial charge is 0.306 e. The number of carbonyl (C=O) groups excluding carboxylic acids is 3. The molecular formula is C74H120O6. The van der Waals surface area contributed by atoms with Crippen LogP contribution >= 0.6 is 0 Å². The fraction of sp³-hybridized carbons (Fsp3) is 0.635. The van der Waals surface area contributed by atoms with Gasteiger partial charge in [-0.3, -0.25) is 14.4 Å². The Morgan fingerprint density at radius 2 is 0.487 bits per heavy atom. The normalized spacial score (nSPS) is 13.1. The van der Waals surface area contributed by atoms with Gasteiger partial charge in [-0.15, -0.1) is 0 Å². The lowest BCUT2D eigenvalue weighted by molar-refractivity contribution is -0.167. The molecule has 0 heterocycles. The van der Waals surface area contributed by atoms with Crippen LogP contribution in [0.2, 0.25) is 0 Å². The molecule has 0 aliphatic rings. The number of carbonyl (C=O) groups is 3. The standard InChI is InChI=1S/C74H120O6/c1-4-7-10-13-16-18-20-22-24-26-28-30-32-34-36-37-39-40-42-44-46-48-50-52-54-56-58-61-64-67-73(76)79-70-71(69-78-72(75)66-63-60-15-12-9-6-3)80-74(77)68-65-62-59-57-55-53-51-49-47-45-43-41-38-35-33-31-29-27-25-23-21-19-17-14-11-8-5-2/h7-8,10-11,16-19,22-25,28-31,35,38,43,45,49,51,55,57,71H,4-6,9,12-15,20-21,26-27,32-34,36-37,39-42,44,46-48,50,52-54,56,58-70H2,1-3H3/b10-7-,11-8-,18-16-,19-17-,24-22-,25-23-,30-28-,31-29-,38-35-,45-43-,51-49-,57-55-. The van der Waals surface area contributed by atoms with E-state index in [1.54, 1.807) is 0 Å². The SMILES string of the molecule is CC/C=C\C/C=C\C/C=C\C/C=C\C/C=C\C/C=C\C/C=C\C/C=C\CCCCC(=O)OC(COC(=O)CCCCCCCC)COC(=O)CCCCCCCCCCCCCCCCCC/C=C\C/C=C\C/C=C\C/C=C\CC. The summed E-state index contributed by atoms with van der Waals surface area (Å²) in [6.07, 6.45) is 96.2. The minimum absolute atomic E-state index is 0.0982. The third-order valence-electron chi connectivity index (χ3n) is 13.6. The molecule has 6 nitrogen and oxygen atoms in total. The molecule has 1 unspecified atom stereocenters. The van der Waals surface area contributed by atoms with Crippen LogP contribution in [0, 0.1) is 0 Å². The second-order valence-electron chi connectivity index (χ2n) is 21.3. The van der Waals surface area contributed by atoms with Crippen LogP contribution in [-0.4, -0.2) is 37.2 Å². The lowest BCUT2D eigenvalue weighted by Crippen LogP contribution is -2.30. The molecule has 6 heteroatoms. The molecule has 452 valence electrons. The Kier molecular flexibility index (Phi) is 62.9. The Balaban J connectivity index is 4.17. The van der Waals surface area contributed by atoms with Crippen molar-refractivity contribution in [3.63, 3.8) is 0 Å². The molecule has 0 saturated heterocycles. The van der Waals surface area contributed by atoms with Crippen molar-refractivity contribution in [3.8, 4) is 0 Å². The molecule has 0 bridgehead atoms. The van der Waals surface area contributed by atoms with Gasteiger partial charge in [-0.1, -0.05) is 289 Å². The molecule has 1 atom stereocenters. The van der Waals surface area contributed by atoms with Crippen LogP contribution in [0.4, 0.5) is 0 Å². The van der Waals surface area contributed by atoms with Gasteiger partial charge in [0.25, 0.3) is 0 Å². The maximum Gasteiger partial charge on any atom is 0.306 e. The van der Waals surface area contributed by atoms with Crippen LogP contribution in [0.1, 0.15) is 284 Å². The first-order chi connectivity index (χ1) is 39.5. The Bertz CT molecular complexity index is 1750. The van der Waals surface area contributed by atoms with Gasteiger partial charge in [-0.25, -0.2) is 0 Å². The molecule has 0 aromatic carbocycles. The highest BCUT2D eigenvalue weighted by Gasteiger charge is 2.19. The Labute approximate surface area is 493 Å². The molecule has 0 amide bonds. The van der Waals surface area contributed by atoms with Crippen molar-refractivity contribution < 1.29 is 28.6 Å². The van der Waals surface area contributed by atoms with Crippen LogP contribution in [0.25, 0.3) is 0 Å². The summed E-state index contributed by atoms with van der Waals surface area (Å²) in [5, 5.41) is 0. The summed E-state index contributed by atoms with van der Waals surface area (Å²) in [4.78, 5) is 38.0. The molecule has 0 rings (SSSR count). The average molecular weight is 1110 g/mol. The van der Waals surface area contributed by atoms with Crippen molar-refractivity contribution in [2.24, 2.45) is 0 Å². The van der Waals surface area contributed by atoms with Crippen molar-refractivity contribution in [2.45, 2.75) is 290 Å². The van der Waals surface area contributed by atoms with E-state index in [-0.39, 0.29) is 37.5 Å². The summed E-state index contributed by atoms with van der Waals surface area (Å²) in [5.74, 6) is -0.952. The van der Waals surface area contributed by atoms with Crippen LogP contribution in [-0.2, 0) is 28.6 Å². The molecule has 0 aliphatic carbocycles. The number of esters is 3. The molecule has 0 spiro atoms. The van der Waals surface area contributed by atoms with E-state index < -0.39 is 6.10 Å². The summed E-state index contributed by atoms with van der Waals surface area (Å²) in [6.45, 7) is 6.32. The van der Waals surface area contributed by atoms with Crippen molar-refractivity contribution in [3.05, 3.63) is 146 Å². The first-order valence-corrected chi connectivity index (χ1v) is 32.8. The lowest BCUT2D eigenvalue weighted by Gasteiger charge is -2.18. The molecule has 0 aromatic heterocycles. The second-order valence-corrected chi connectivity index (χ2v) is 21.3. The number of ether oxygens (including phenoxy) is 3. The second kappa shape index (κ2) is 66.8. The number of allylic oxidation sites excluding steroid dienone is 24. The first-order valence-electron chi connectivity index (χ1n) is 32.8. The van der Waals surface area contributed by atoms with Gasteiger partial charge < -0.3 is 14.2 Å². The van der Waals surface area contributed by atoms with E-state index >= 15 is 0 Å². The monoisotopic (exact) mass is 1100 g/mol. The summed E-state index contributed by atoms with van der Waals surface area (Å²) in [7, 11) is 0. The van der Waals surface area contributed by atoms with Crippen LogP contribution in [0.3, 0.4) is 0 Å². The largest absolute Gasteiger partial charge is 0.462 e. The predicted octanol–water partition coefficient (Wildman–Crippen LogP) is 22.7. The number of hydrogen-bond acceptors (Lipinski definition) is 6. The average Bonchev–Trinajstić information content (AvgIpc) is 3.46. The number of hydrogen-bond donors (Lipinski definition) is 0. The summed E-state index contributed by atoms with van der Waals surface area (Å²) in [5.41, 5.74) is 0. The highest BCUT2D eigenvalue weighted by atomic mass is 16.6. The van der Waals surface area contributed by atoms with Crippen molar-refractivity contribution in [1.82, 2.24) is 0 Å². The van der Waals surface area contributed by atoms with Crippen LogP contribution in [0.5, 0.6) is 0 Å². The summed E-state index contributed by atoms with van der Waals surface area (Å²) >= 11 is 0. The van der Waals surface area contributed by atoms with E-state index in [0.717, 1.165) is 128 Å². The Morgan fingerprint density at radius 1 is 0.263 bits per heavy atom. The van der Waals surface area contributed by atoms with Crippen molar-refractivity contribution in [1.29, 1.82) is 0 Å². The molecule has 0 saturated carbocycles. The Morgan fingerprint density at radius 3 is 0.787 bits per heavy atom. The zero-order valence-electron chi connectivity index (χ0n) is 51.8. The zero-order chi connectivity index (χ0) is 57.8. The fourth-order valence-electron chi connectivity index (χ4n) is 8.74. The van der Waals surface area contributed by atoms with Crippen LogP contribution < -0.4 is 0 Å². The highest BCUT2D eigenvalue weighted by Crippen LogP contribution is 2.16. The van der Waals surface area contributed by atoms with E-state index in [1.807, 2.05) is 0 Å². The van der Waals surface area contributed by atoms with Gasteiger partial charge in [0.05, 0.1) is 0 Å². The van der Waals surface area contributed by atoms with E-state index in [1.165, 1.54) is 109 Å². The molecule has 0 radical (unpaired) electrons. The van der Waals surface area contributed by atoms with Gasteiger partial charge in [-0.05, 0) is 122 Å². The third kappa shape index (κ3) is 64.1. The van der Waals surface area contributed by atoms with Gasteiger partial charge in [0, 0.05) is 19.3 Å². The number of rotatable bonds is 58. The minimum Gasteiger partial charge on any atom is -0.462 e. The Hall–Kier alpha value is -4.71. The molecular weight excluding hydrogens is 985 g/mol. The molecule has 0 N–H and O–H groups in total. The van der Waals surface area contributed by atoms with Crippen molar-refractivity contribution >= 4 is 17.9 Å². The topological polar surface area (TPSA) is 78.9 Å². The lowest BCUT2D eigenvalue weighted by atomic mass is 10.0. The van der Waals surface area contributed by atoms with E-state index in [0.29, 0.717) is 19.3 Å². The van der Waals surface area contributed by atoms with Crippen molar-refractivity contribution in [2.75, 3.05) is 13.2 Å². The van der Waals surface area contributed by atoms with Gasteiger partial charge in [0.15, 0.2) is 6.10 Å². The van der Waals surface area contributed by atoms with E-state index in [2.05, 4.69) is 167 Å². The minimum atomic E-state index is -0.803. The fourth-order valence-corrected chi connectivity index (χ4v) is 8.74. The van der Waals surface area contributed by atoms with E-state index in [4.69, 9.17) is 14.2 Å². The zero-order valence-corrected chi connectivity index (χ0v) is 51.8. The summed E-state index contributed by atoms with van der Waals surface area (Å²) in [6, 6.07) is 0. The van der Waals surface area contributed by atoms with Crippen LogP contribution in [0.15, 0.2) is 146 Å². The first kappa shape index (κ1) is 75.3.